The third-order valence-corrected chi connectivity index (χ3v) is 3.70. The molecule has 0 aromatic carbocycles. The normalized spacial score (nSPS) is 27.8. The standard InChI is InChI=1S/C12H21N3O/c1-5-10(13-4)8(3)12-14-11(15-16-12)9-6-7(9)2/h7-10,13H,5-6H2,1-4H3. The summed E-state index contributed by atoms with van der Waals surface area (Å²) in [5.41, 5.74) is 0. The van der Waals surface area contributed by atoms with E-state index in [0.29, 0.717) is 12.0 Å². The van der Waals surface area contributed by atoms with Crippen LogP contribution in [-0.4, -0.2) is 23.2 Å². The van der Waals surface area contributed by atoms with E-state index in [4.69, 9.17) is 4.52 Å². The van der Waals surface area contributed by atoms with Crippen molar-refractivity contribution in [3.8, 4) is 0 Å². The molecule has 1 aromatic rings. The summed E-state index contributed by atoms with van der Waals surface area (Å²) in [4.78, 5) is 4.52. The number of nitrogens with one attached hydrogen (secondary N) is 1. The smallest absolute Gasteiger partial charge is 0.231 e. The van der Waals surface area contributed by atoms with Gasteiger partial charge in [-0.25, -0.2) is 0 Å². The van der Waals surface area contributed by atoms with Crippen molar-refractivity contribution in [1.29, 1.82) is 0 Å². The van der Waals surface area contributed by atoms with Gasteiger partial charge in [0.15, 0.2) is 5.82 Å². The van der Waals surface area contributed by atoms with E-state index in [9.17, 15) is 0 Å². The van der Waals surface area contributed by atoms with Crippen LogP contribution in [0.4, 0.5) is 0 Å². The highest BCUT2D eigenvalue weighted by atomic mass is 16.5. The van der Waals surface area contributed by atoms with Crippen molar-refractivity contribution in [3.63, 3.8) is 0 Å². The average molecular weight is 223 g/mol. The van der Waals surface area contributed by atoms with Crippen LogP contribution >= 0.6 is 0 Å². The van der Waals surface area contributed by atoms with Crippen LogP contribution < -0.4 is 5.32 Å². The molecule has 1 heterocycles. The molecule has 0 amide bonds. The minimum atomic E-state index is 0.283. The van der Waals surface area contributed by atoms with Gasteiger partial charge in [-0.3, -0.25) is 0 Å². The number of nitrogens with zero attached hydrogens (tertiary/aromatic N) is 2. The Morgan fingerprint density at radius 1 is 1.56 bits per heavy atom. The molecule has 1 aromatic heterocycles. The Bertz CT molecular complexity index is 346. The first kappa shape index (κ1) is 11.6. The van der Waals surface area contributed by atoms with Gasteiger partial charge in [0.1, 0.15) is 0 Å². The van der Waals surface area contributed by atoms with Gasteiger partial charge in [-0.15, -0.1) is 0 Å². The van der Waals surface area contributed by atoms with Crippen molar-refractivity contribution in [2.45, 2.75) is 51.5 Å². The van der Waals surface area contributed by atoms with E-state index in [1.54, 1.807) is 0 Å². The summed E-state index contributed by atoms with van der Waals surface area (Å²) < 4.78 is 5.36. The summed E-state index contributed by atoms with van der Waals surface area (Å²) in [6.45, 7) is 6.53. The molecular formula is C12H21N3O. The van der Waals surface area contributed by atoms with Gasteiger partial charge in [0.25, 0.3) is 0 Å². The first-order valence-electron chi connectivity index (χ1n) is 6.18. The molecule has 2 rings (SSSR count). The Hall–Kier alpha value is -0.900. The quantitative estimate of drug-likeness (QED) is 0.832. The zero-order valence-corrected chi connectivity index (χ0v) is 10.5. The molecule has 90 valence electrons. The minimum absolute atomic E-state index is 0.283. The Labute approximate surface area is 96.8 Å². The van der Waals surface area contributed by atoms with Gasteiger partial charge in [0, 0.05) is 12.0 Å². The van der Waals surface area contributed by atoms with Crippen molar-refractivity contribution in [2.24, 2.45) is 5.92 Å². The molecule has 0 spiro atoms. The lowest BCUT2D eigenvalue weighted by Gasteiger charge is -2.18. The molecule has 1 N–H and O–H groups in total. The lowest BCUT2D eigenvalue weighted by Crippen LogP contribution is -2.30. The molecule has 0 radical (unpaired) electrons. The van der Waals surface area contributed by atoms with Gasteiger partial charge in [0.05, 0.1) is 5.92 Å². The van der Waals surface area contributed by atoms with Gasteiger partial charge in [-0.05, 0) is 25.8 Å². The van der Waals surface area contributed by atoms with Gasteiger partial charge >= 0.3 is 0 Å². The minimum Gasteiger partial charge on any atom is -0.339 e. The second kappa shape index (κ2) is 4.53. The van der Waals surface area contributed by atoms with E-state index in [1.165, 1.54) is 6.42 Å². The second-order valence-electron chi connectivity index (χ2n) is 4.90. The molecule has 1 aliphatic rings. The van der Waals surface area contributed by atoms with E-state index >= 15 is 0 Å². The maximum atomic E-state index is 5.36. The van der Waals surface area contributed by atoms with Crippen molar-refractivity contribution < 1.29 is 4.52 Å². The van der Waals surface area contributed by atoms with E-state index in [0.717, 1.165) is 24.1 Å². The number of likely N-dealkylation sites (N-methyl/N-ethyl adjacent to an activating group) is 1. The predicted octanol–water partition coefficient (Wildman–Crippen LogP) is 2.29. The molecular weight excluding hydrogens is 202 g/mol. The fraction of sp³-hybridized carbons (Fsp3) is 0.833. The predicted molar refractivity (Wildman–Crippen MR) is 62.4 cm³/mol. The van der Waals surface area contributed by atoms with Crippen LogP contribution in [0.25, 0.3) is 0 Å². The molecule has 4 unspecified atom stereocenters. The van der Waals surface area contributed by atoms with Crippen LogP contribution in [0.1, 0.15) is 57.2 Å². The molecule has 4 nitrogen and oxygen atoms in total. The molecule has 1 saturated carbocycles. The van der Waals surface area contributed by atoms with E-state index < -0.39 is 0 Å². The number of hydrogen-bond acceptors (Lipinski definition) is 4. The molecule has 4 heteroatoms. The van der Waals surface area contributed by atoms with Crippen molar-refractivity contribution in [2.75, 3.05) is 7.05 Å². The van der Waals surface area contributed by atoms with E-state index in [2.05, 4.69) is 36.2 Å². The maximum absolute atomic E-state index is 5.36. The summed E-state index contributed by atoms with van der Waals surface area (Å²) in [7, 11) is 1.98. The Morgan fingerprint density at radius 2 is 2.25 bits per heavy atom. The van der Waals surface area contributed by atoms with Gasteiger partial charge in [-0.1, -0.05) is 25.9 Å². The van der Waals surface area contributed by atoms with E-state index in [1.807, 2.05) is 7.05 Å². The van der Waals surface area contributed by atoms with Crippen molar-refractivity contribution >= 4 is 0 Å². The first-order valence-corrected chi connectivity index (χ1v) is 6.18. The fourth-order valence-corrected chi connectivity index (χ4v) is 2.24. The van der Waals surface area contributed by atoms with Gasteiger partial charge in [-0.2, -0.15) is 4.98 Å². The zero-order valence-electron chi connectivity index (χ0n) is 10.5. The summed E-state index contributed by atoms with van der Waals surface area (Å²) in [6.07, 6.45) is 2.27. The maximum Gasteiger partial charge on any atom is 0.231 e. The number of hydrogen-bond donors (Lipinski definition) is 1. The van der Waals surface area contributed by atoms with Crippen LogP contribution in [0.15, 0.2) is 4.52 Å². The summed E-state index contributed by atoms with van der Waals surface area (Å²) in [6, 6.07) is 0.407. The Morgan fingerprint density at radius 3 is 2.75 bits per heavy atom. The van der Waals surface area contributed by atoms with Crippen LogP contribution in [0.5, 0.6) is 0 Å². The van der Waals surface area contributed by atoms with Crippen molar-refractivity contribution in [1.82, 2.24) is 15.5 Å². The summed E-state index contributed by atoms with van der Waals surface area (Å²) in [5, 5.41) is 7.37. The third kappa shape index (κ3) is 2.12. The van der Waals surface area contributed by atoms with E-state index in [-0.39, 0.29) is 5.92 Å². The molecule has 4 atom stereocenters. The molecule has 1 aliphatic carbocycles. The highest BCUT2D eigenvalue weighted by molar-refractivity contribution is 5.09. The molecule has 0 bridgehead atoms. The number of aromatic nitrogens is 2. The topological polar surface area (TPSA) is 51.0 Å². The van der Waals surface area contributed by atoms with Crippen LogP contribution in [0.3, 0.4) is 0 Å². The van der Waals surface area contributed by atoms with Crippen LogP contribution in [0, 0.1) is 5.92 Å². The fourth-order valence-electron chi connectivity index (χ4n) is 2.24. The van der Waals surface area contributed by atoms with Crippen LogP contribution in [-0.2, 0) is 0 Å². The molecule has 16 heavy (non-hydrogen) atoms. The van der Waals surface area contributed by atoms with Crippen molar-refractivity contribution in [3.05, 3.63) is 11.7 Å². The molecule has 0 saturated heterocycles. The highest BCUT2D eigenvalue weighted by Gasteiger charge is 2.38. The summed E-state index contributed by atoms with van der Waals surface area (Å²) in [5.74, 6) is 3.23. The first-order chi connectivity index (χ1) is 7.67. The lowest BCUT2D eigenvalue weighted by molar-refractivity contribution is 0.323. The monoisotopic (exact) mass is 223 g/mol. The number of rotatable bonds is 5. The zero-order chi connectivity index (χ0) is 11.7. The largest absolute Gasteiger partial charge is 0.339 e. The SMILES string of the molecule is CCC(NC)C(C)c1nc(C2CC2C)no1. The van der Waals surface area contributed by atoms with Gasteiger partial charge in [0.2, 0.25) is 5.89 Å². The highest BCUT2D eigenvalue weighted by Crippen LogP contribution is 2.45. The lowest BCUT2D eigenvalue weighted by atomic mass is 10.00. The third-order valence-electron chi connectivity index (χ3n) is 3.70. The molecule has 1 fully saturated rings. The average Bonchev–Trinajstić information content (AvgIpc) is 2.83. The summed E-state index contributed by atoms with van der Waals surface area (Å²) >= 11 is 0. The molecule has 0 aliphatic heterocycles. The Kier molecular flexibility index (Phi) is 3.28. The van der Waals surface area contributed by atoms with Gasteiger partial charge < -0.3 is 9.84 Å². The second-order valence-corrected chi connectivity index (χ2v) is 4.90. The van der Waals surface area contributed by atoms with Crippen LogP contribution in [0.2, 0.25) is 0 Å². The Balaban J connectivity index is 2.06.